The van der Waals surface area contributed by atoms with Gasteiger partial charge in [0.1, 0.15) is 12.1 Å². The molecule has 0 unspecified atom stereocenters. The van der Waals surface area contributed by atoms with Gasteiger partial charge < -0.3 is 9.47 Å². The Kier molecular flexibility index (Phi) is 7.03. The minimum atomic E-state index is -0.264. The number of hydrogen-bond donors (Lipinski definition) is 1. The van der Waals surface area contributed by atoms with Crippen LogP contribution in [0.3, 0.4) is 0 Å². The smallest absolute Gasteiger partial charge is 0.232 e. The Balaban J connectivity index is 1.43. The van der Waals surface area contributed by atoms with Crippen molar-refractivity contribution in [2.24, 2.45) is 0 Å². The van der Waals surface area contributed by atoms with Gasteiger partial charge >= 0.3 is 0 Å². The fourth-order valence-corrected chi connectivity index (χ4v) is 3.80. The van der Waals surface area contributed by atoms with Crippen LogP contribution >= 0.6 is 11.8 Å². The van der Waals surface area contributed by atoms with Crippen LogP contribution in [0, 0.1) is 5.82 Å². The summed E-state index contributed by atoms with van der Waals surface area (Å²) in [7, 11) is 1.81. The number of thioether (sulfide) groups is 1. The zero-order valence-corrected chi connectivity index (χ0v) is 17.6. The van der Waals surface area contributed by atoms with Gasteiger partial charge in [-0.05, 0) is 57.0 Å². The van der Waals surface area contributed by atoms with Crippen molar-refractivity contribution in [3.8, 4) is 11.3 Å². The number of halogens is 1. The van der Waals surface area contributed by atoms with E-state index in [2.05, 4.69) is 34.2 Å². The highest BCUT2D eigenvalue weighted by molar-refractivity contribution is 7.99. The van der Waals surface area contributed by atoms with E-state index in [1.165, 1.54) is 23.9 Å². The maximum atomic E-state index is 13.0. The van der Waals surface area contributed by atoms with E-state index in [4.69, 9.17) is 0 Å². The molecule has 0 aliphatic carbocycles. The average molecular weight is 417 g/mol. The van der Waals surface area contributed by atoms with Crippen molar-refractivity contribution < 1.29 is 9.18 Å². The summed E-state index contributed by atoms with van der Waals surface area (Å²) in [5, 5.41) is 16.0. The molecule has 0 bridgehead atoms. The van der Waals surface area contributed by atoms with E-state index in [0.29, 0.717) is 12.3 Å². The van der Waals surface area contributed by atoms with Gasteiger partial charge in [-0.2, -0.15) is 5.10 Å². The van der Waals surface area contributed by atoms with Crippen molar-refractivity contribution in [3.63, 3.8) is 0 Å². The van der Waals surface area contributed by atoms with E-state index >= 15 is 0 Å². The summed E-state index contributed by atoms with van der Waals surface area (Å²) < 4.78 is 15.0. The molecular formula is C20H25FN6OS. The van der Waals surface area contributed by atoms with Gasteiger partial charge in [-0.1, -0.05) is 11.8 Å². The first-order valence-corrected chi connectivity index (χ1v) is 10.5. The average Bonchev–Trinajstić information content (AvgIpc) is 3.36. The Hall–Kier alpha value is -2.68. The van der Waals surface area contributed by atoms with Crippen molar-refractivity contribution >= 4 is 17.7 Å². The first-order chi connectivity index (χ1) is 13.9. The highest BCUT2D eigenvalue weighted by Crippen LogP contribution is 2.20. The molecule has 0 saturated carbocycles. The molecule has 7 nitrogen and oxygen atoms in total. The maximum absolute atomic E-state index is 13.0. The largest absolute Gasteiger partial charge is 0.345 e. The number of amides is 1. The monoisotopic (exact) mass is 416 g/mol. The number of hydrogen-bond acceptors (Lipinski definition) is 5. The van der Waals surface area contributed by atoms with Crippen molar-refractivity contribution in [2.75, 3.05) is 19.3 Å². The third-order valence-electron chi connectivity index (χ3n) is 4.56. The van der Waals surface area contributed by atoms with Crippen molar-refractivity contribution in [2.45, 2.75) is 37.9 Å². The fraction of sp³-hybridized carbons (Fsp3) is 0.400. The lowest BCUT2D eigenvalue weighted by molar-refractivity contribution is -0.127. The highest BCUT2D eigenvalue weighted by Gasteiger charge is 2.14. The minimum Gasteiger partial charge on any atom is -0.345 e. The highest BCUT2D eigenvalue weighted by atomic mass is 32.2. The van der Waals surface area contributed by atoms with Gasteiger partial charge in [-0.25, -0.2) is 4.39 Å². The summed E-state index contributed by atoms with van der Waals surface area (Å²) in [6.07, 6.45) is 3.28. The Morgan fingerprint density at radius 2 is 2.07 bits per heavy atom. The van der Waals surface area contributed by atoms with E-state index in [0.717, 1.165) is 34.9 Å². The number of rotatable bonds is 9. The molecule has 3 aromatic rings. The van der Waals surface area contributed by atoms with Gasteiger partial charge in [0.25, 0.3) is 0 Å². The maximum Gasteiger partial charge on any atom is 0.232 e. The summed E-state index contributed by atoms with van der Waals surface area (Å²) in [4.78, 5) is 14.1. The molecule has 1 amide bonds. The van der Waals surface area contributed by atoms with Crippen molar-refractivity contribution in [1.82, 2.24) is 29.9 Å². The molecule has 0 spiro atoms. The summed E-state index contributed by atoms with van der Waals surface area (Å²) in [5.41, 5.74) is 2.65. The topological polar surface area (TPSA) is 79.7 Å². The predicted octanol–water partition coefficient (Wildman–Crippen LogP) is 3.57. The van der Waals surface area contributed by atoms with Crippen molar-refractivity contribution in [1.29, 1.82) is 0 Å². The second-order valence-corrected chi connectivity index (χ2v) is 8.05. The molecule has 1 N–H and O–H groups in total. The molecule has 0 aliphatic heterocycles. The van der Waals surface area contributed by atoms with Gasteiger partial charge in [-0.3, -0.25) is 9.89 Å². The predicted molar refractivity (Wildman–Crippen MR) is 111 cm³/mol. The molecule has 0 fully saturated rings. The first-order valence-electron chi connectivity index (χ1n) is 9.50. The number of H-pyrrole nitrogens is 1. The quantitative estimate of drug-likeness (QED) is 0.540. The van der Waals surface area contributed by atoms with Crippen LogP contribution in [-0.2, 0) is 11.2 Å². The van der Waals surface area contributed by atoms with Gasteiger partial charge in [-0.15, -0.1) is 10.2 Å². The van der Waals surface area contributed by atoms with Crippen LogP contribution in [0.1, 0.15) is 32.0 Å². The van der Waals surface area contributed by atoms with Crippen molar-refractivity contribution in [3.05, 3.63) is 48.2 Å². The first kappa shape index (κ1) is 21.0. The lowest BCUT2D eigenvalue weighted by atomic mass is 10.1. The van der Waals surface area contributed by atoms with E-state index < -0.39 is 0 Å². The van der Waals surface area contributed by atoms with E-state index in [9.17, 15) is 9.18 Å². The summed E-state index contributed by atoms with van der Waals surface area (Å²) in [5.74, 6) is 0.130. The van der Waals surface area contributed by atoms with Gasteiger partial charge in [0.15, 0.2) is 5.16 Å². The van der Waals surface area contributed by atoms with E-state index in [-0.39, 0.29) is 17.8 Å². The number of benzene rings is 1. The van der Waals surface area contributed by atoms with E-state index in [1.54, 1.807) is 23.4 Å². The molecule has 0 aliphatic rings. The zero-order valence-electron chi connectivity index (χ0n) is 16.8. The molecule has 0 atom stereocenters. The standard InChI is InChI=1S/C20H25FN6OS/c1-14(2)27-13-22-25-20(27)29-12-19(28)26(3)10-4-5-17-11-18(24-23-17)15-6-8-16(21)9-7-15/h6-9,11,13-14H,4-5,10,12H2,1-3H3,(H,23,24). The molecule has 9 heteroatoms. The molecule has 29 heavy (non-hydrogen) atoms. The van der Waals surface area contributed by atoms with Crippen LogP contribution in [0.2, 0.25) is 0 Å². The third-order valence-corrected chi connectivity index (χ3v) is 5.50. The van der Waals surface area contributed by atoms with Crippen LogP contribution in [0.25, 0.3) is 11.3 Å². The van der Waals surface area contributed by atoms with E-state index in [1.807, 2.05) is 17.7 Å². The normalized spacial score (nSPS) is 11.2. The number of carbonyl (C=O) groups excluding carboxylic acids is 1. The van der Waals surface area contributed by atoms with Crippen LogP contribution in [0.5, 0.6) is 0 Å². The number of aromatic nitrogens is 5. The second-order valence-electron chi connectivity index (χ2n) is 7.11. The summed E-state index contributed by atoms with van der Waals surface area (Å²) in [6, 6.07) is 8.48. The Morgan fingerprint density at radius 1 is 1.31 bits per heavy atom. The molecule has 2 heterocycles. The van der Waals surface area contributed by atoms with Gasteiger partial charge in [0.2, 0.25) is 5.91 Å². The lowest BCUT2D eigenvalue weighted by Gasteiger charge is -2.17. The molecular weight excluding hydrogens is 391 g/mol. The molecule has 154 valence electrons. The van der Waals surface area contributed by atoms with Gasteiger partial charge in [0.05, 0.1) is 11.4 Å². The molecule has 3 rings (SSSR count). The number of nitrogens with one attached hydrogen (secondary N) is 1. The third kappa shape index (κ3) is 5.66. The Bertz CT molecular complexity index is 937. The lowest BCUT2D eigenvalue weighted by Crippen LogP contribution is -2.29. The SMILES string of the molecule is CC(C)n1cnnc1SCC(=O)N(C)CCCc1cc(-c2ccc(F)cc2)n[nH]1. The summed E-state index contributed by atoms with van der Waals surface area (Å²) >= 11 is 1.41. The fourth-order valence-electron chi connectivity index (χ4n) is 2.82. The number of aryl methyl sites for hydroxylation is 1. The number of carbonyl (C=O) groups is 1. The Morgan fingerprint density at radius 3 is 2.79 bits per heavy atom. The second kappa shape index (κ2) is 9.69. The zero-order chi connectivity index (χ0) is 20.8. The van der Waals surface area contributed by atoms with Crippen LogP contribution in [0.15, 0.2) is 41.8 Å². The molecule has 0 saturated heterocycles. The molecule has 2 aromatic heterocycles. The number of nitrogens with zero attached hydrogens (tertiary/aromatic N) is 5. The minimum absolute atomic E-state index is 0.0601. The Labute approximate surface area is 173 Å². The van der Waals surface area contributed by atoms with Gasteiger partial charge in [0, 0.05) is 30.9 Å². The van der Waals surface area contributed by atoms with Crippen LogP contribution in [-0.4, -0.2) is 55.1 Å². The van der Waals surface area contributed by atoms with Crippen LogP contribution in [0.4, 0.5) is 4.39 Å². The molecule has 0 radical (unpaired) electrons. The summed E-state index contributed by atoms with van der Waals surface area (Å²) in [6.45, 7) is 4.76. The van der Waals surface area contributed by atoms with Crippen LogP contribution < -0.4 is 0 Å². The number of aromatic amines is 1. The molecule has 1 aromatic carbocycles.